The zero-order chi connectivity index (χ0) is 23.3. The Balaban J connectivity index is 1.67. The van der Waals surface area contributed by atoms with Gasteiger partial charge in [-0.2, -0.15) is 0 Å². The Kier molecular flexibility index (Phi) is 5.42. The van der Waals surface area contributed by atoms with Crippen molar-refractivity contribution >= 4 is 45.6 Å². The molecule has 166 valence electrons. The minimum atomic E-state index is -0.142. The lowest BCUT2D eigenvalue weighted by Gasteiger charge is -2.14. The Bertz CT molecular complexity index is 1610. The Labute approximate surface area is 198 Å². The first kappa shape index (κ1) is 21.6. The van der Waals surface area contributed by atoms with Gasteiger partial charge in [-0.05, 0) is 63.1 Å². The van der Waals surface area contributed by atoms with Gasteiger partial charge in [-0.1, -0.05) is 36.0 Å². The molecule has 0 bridgehead atoms. The number of thiophene rings is 1. The zero-order valence-corrected chi connectivity index (χ0v) is 20.4. The summed E-state index contributed by atoms with van der Waals surface area (Å²) in [6.07, 6.45) is 0. The van der Waals surface area contributed by atoms with Crippen molar-refractivity contribution in [1.82, 2.24) is 19.2 Å². The summed E-state index contributed by atoms with van der Waals surface area (Å²) in [4.78, 5) is 28.5. The van der Waals surface area contributed by atoms with Crippen LogP contribution in [0.2, 0.25) is 0 Å². The standard InChI is InChI=1S/C25H22N4O2S2/c1-14-8-7-11-20(16(14)3)28-23(31)18-9-5-6-10-21(18)29-24(28)26-27-25(29)32-13-22(30)19-12-15(2)33-17(19)4/h5-12H,13H2,1-4H3. The number of carbonyl (C=O) groups is 1. The molecule has 0 aliphatic rings. The van der Waals surface area contributed by atoms with Gasteiger partial charge in [0, 0.05) is 15.3 Å². The smallest absolute Gasteiger partial charge is 0.267 e. The van der Waals surface area contributed by atoms with Crippen LogP contribution in [0.5, 0.6) is 0 Å². The van der Waals surface area contributed by atoms with Crippen molar-refractivity contribution in [3.8, 4) is 5.69 Å². The highest BCUT2D eigenvalue weighted by atomic mass is 32.2. The van der Waals surface area contributed by atoms with Crippen molar-refractivity contribution in [2.45, 2.75) is 32.9 Å². The average molecular weight is 475 g/mol. The third-order valence-corrected chi connectivity index (χ3v) is 7.78. The van der Waals surface area contributed by atoms with E-state index in [1.165, 1.54) is 11.8 Å². The summed E-state index contributed by atoms with van der Waals surface area (Å²) >= 11 is 2.97. The average Bonchev–Trinajstić information content (AvgIpc) is 3.37. The van der Waals surface area contributed by atoms with Crippen LogP contribution < -0.4 is 5.56 Å². The number of fused-ring (bicyclic) bond motifs is 3. The predicted octanol–water partition coefficient (Wildman–Crippen LogP) is 5.30. The maximum atomic E-state index is 13.5. The van der Waals surface area contributed by atoms with E-state index in [-0.39, 0.29) is 17.1 Å². The topological polar surface area (TPSA) is 69.3 Å². The minimum absolute atomic E-state index is 0.0609. The van der Waals surface area contributed by atoms with Gasteiger partial charge in [0.2, 0.25) is 5.78 Å². The molecule has 5 aromatic rings. The summed E-state index contributed by atoms with van der Waals surface area (Å²) < 4.78 is 3.50. The fraction of sp³-hybridized carbons (Fsp3) is 0.200. The molecule has 0 radical (unpaired) electrons. The van der Waals surface area contributed by atoms with Gasteiger partial charge >= 0.3 is 0 Å². The molecule has 0 aliphatic heterocycles. The number of ketones is 1. The Morgan fingerprint density at radius 3 is 2.58 bits per heavy atom. The molecule has 6 nitrogen and oxygen atoms in total. The van der Waals surface area contributed by atoms with Crippen LogP contribution in [0.4, 0.5) is 0 Å². The molecule has 0 saturated heterocycles. The molecule has 0 aliphatic carbocycles. The lowest BCUT2D eigenvalue weighted by molar-refractivity contribution is 0.102. The van der Waals surface area contributed by atoms with E-state index in [0.29, 0.717) is 16.3 Å². The number of aromatic nitrogens is 4. The van der Waals surface area contributed by atoms with Crippen molar-refractivity contribution in [2.75, 3.05) is 5.75 Å². The number of hydrogen-bond donors (Lipinski definition) is 0. The molecule has 0 spiro atoms. The number of hydrogen-bond acceptors (Lipinski definition) is 6. The van der Waals surface area contributed by atoms with E-state index in [4.69, 9.17) is 0 Å². The summed E-state index contributed by atoms with van der Waals surface area (Å²) in [6, 6.07) is 15.3. The van der Waals surface area contributed by atoms with Crippen molar-refractivity contribution in [1.29, 1.82) is 0 Å². The molecule has 5 rings (SSSR count). The van der Waals surface area contributed by atoms with Crippen molar-refractivity contribution in [3.05, 3.63) is 85.3 Å². The van der Waals surface area contributed by atoms with E-state index >= 15 is 0 Å². The number of aryl methyl sites for hydroxylation is 3. The summed E-state index contributed by atoms with van der Waals surface area (Å²) in [5.41, 5.74) is 4.22. The van der Waals surface area contributed by atoms with Gasteiger partial charge < -0.3 is 0 Å². The first-order valence-corrected chi connectivity index (χ1v) is 12.4. The normalized spacial score (nSPS) is 11.5. The largest absolute Gasteiger partial charge is 0.293 e. The maximum absolute atomic E-state index is 13.5. The third-order valence-electron chi connectivity index (χ3n) is 5.89. The SMILES string of the molecule is Cc1cc(C(=O)CSc2nnc3n(-c4cccc(C)c4C)c(=O)c4ccccc4n23)c(C)s1. The van der Waals surface area contributed by atoms with Crippen LogP contribution in [0.25, 0.3) is 22.4 Å². The first-order chi connectivity index (χ1) is 15.9. The van der Waals surface area contributed by atoms with Crippen LogP contribution in [-0.4, -0.2) is 30.7 Å². The molecule has 0 saturated carbocycles. The van der Waals surface area contributed by atoms with E-state index in [9.17, 15) is 9.59 Å². The molecule has 33 heavy (non-hydrogen) atoms. The Morgan fingerprint density at radius 2 is 1.82 bits per heavy atom. The van der Waals surface area contributed by atoms with E-state index in [2.05, 4.69) is 10.2 Å². The summed E-state index contributed by atoms with van der Waals surface area (Å²) in [7, 11) is 0. The quantitative estimate of drug-likeness (QED) is 0.255. The lowest BCUT2D eigenvalue weighted by atomic mass is 10.1. The molecule has 0 fully saturated rings. The second kappa shape index (κ2) is 8.28. The van der Waals surface area contributed by atoms with Crippen LogP contribution in [-0.2, 0) is 0 Å². The van der Waals surface area contributed by atoms with Crippen LogP contribution >= 0.6 is 23.1 Å². The van der Waals surface area contributed by atoms with Gasteiger partial charge in [-0.25, -0.2) is 4.57 Å². The Morgan fingerprint density at radius 1 is 1.03 bits per heavy atom. The van der Waals surface area contributed by atoms with Gasteiger partial charge in [0.05, 0.1) is 22.3 Å². The molecule has 3 aromatic heterocycles. The lowest BCUT2D eigenvalue weighted by Crippen LogP contribution is -2.22. The predicted molar refractivity (Wildman–Crippen MR) is 134 cm³/mol. The highest BCUT2D eigenvalue weighted by molar-refractivity contribution is 7.99. The maximum Gasteiger partial charge on any atom is 0.267 e. The first-order valence-electron chi connectivity index (χ1n) is 10.6. The molecule has 0 N–H and O–H groups in total. The van der Waals surface area contributed by atoms with Crippen LogP contribution in [0.1, 0.15) is 31.2 Å². The number of thioether (sulfide) groups is 1. The second-order valence-electron chi connectivity index (χ2n) is 8.03. The van der Waals surface area contributed by atoms with Gasteiger partial charge in [-0.3, -0.25) is 14.0 Å². The zero-order valence-electron chi connectivity index (χ0n) is 18.7. The minimum Gasteiger partial charge on any atom is -0.293 e. The van der Waals surface area contributed by atoms with E-state index in [1.807, 2.05) is 80.6 Å². The van der Waals surface area contributed by atoms with Gasteiger partial charge in [0.15, 0.2) is 10.9 Å². The second-order valence-corrected chi connectivity index (χ2v) is 10.4. The molecular weight excluding hydrogens is 452 g/mol. The number of carbonyl (C=O) groups excluding carboxylic acids is 1. The number of para-hydroxylation sites is 1. The third kappa shape index (κ3) is 3.59. The molecule has 0 atom stereocenters. The number of benzene rings is 2. The number of nitrogens with zero attached hydrogens (tertiary/aromatic N) is 4. The van der Waals surface area contributed by atoms with Crippen LogP contribution in [0.15, 0.2) is 58.5 Å². The monoisotopic (exact) mass is 474 g/mol. The van der Waals surface area contributed by atoms with Crippen molar-refractivity contribution in [2.24, 2.45) is 0 Å². The number of rotatable bonds is 5. The van der Waals surface area contributed by atoms with Crippen LogP contribution in [0.3, 0.4) is 0 Å². The van der Waals surface area contributed by atoms with Crippen molar-refractivity contribution in [3.63, 3.8) is 0 Å². The van der Waals surface area contributed by atoms with Gasteiger partial charge in [0.1, 0.15) is 0 Å². The molecule has 8 heteroatoms. The molecule has 0 unspecified atom stereocenters. The summed E-state index contributed by atoms with van der Waals surface area (Å²) in [5.74, 6) is 0.741. The number of Topliss-reactive ketones (excluding diaryl/α,β-unsaturated/α-hetero) is 1. The summed E-state index contributed by atoms with van der Waals surface area (Å²) in [6.45, 7) is 8.00. The van der Waals surface area contributed by atoms with Gasteiger partial charge in [-0.15, -0.1) is 21.5 Å². The van der Waals surface area contributed by atoms with E-state index in [0.717, 1.165) is 37.6 Å². The van der Waals surface area contributed by atoms with Gasteiger partial charge in [0.25, 0.3) is 5.56 Å². The fourth-order valence-corrected chi connectivity index (χ4v) is 5.85. The van der Waals surface area contributed by atoms with Crippen molar-refractivity contribution < 1.29 is 4.79 Å². The fourth-order valence-electron chi connectivity index (χ4n) is 4.08. The highest BCUT2D eigenvalue weighted by Crippen LogP contribution is 2.27. The Hall–Kier alpha value is -3.23. The molecule has 2 aromatic carbocycles. The molecule has 0 amide bonds. The van der Waals surface area contributed by atoms with E-state index in [1.54, 1.807) is 15.9 Å². The highest BCUT2D eigenvalue weighted by Gasteiger charge is 2.20. The van der Waals surface area contributed by atoms with Crippen LogP contribution in [0, 0.1) is 27.7 Å². The van der Waals surface area contributed by atoms with E-state index < -0.39 is 0 Å². The summed E-state index contributed by atoms with van der Waals surface area (Å²) in [5, 5.41) is 9.93. The molecular formula is C25H22N4O2S2. The molecule has 3 heterocycles.